The van der Waals surface area contributed by atoms with Crippen molar-refractivity contribution >= 4 is 5.97 Å². The predicted molar refractivity (Wildman–Crippen MR) is 62.5 cm³/mol. The Bertz CT molecular complexity index is 218. The van der Waals surface area contributed by atoms with Crippen molar-refractivity contribution < 1.29 is 14.6 Å². The molecule has 0 amide bonds. The molecule has 0 bridgehead atoms. The lowest BCUT2D eigenvalue weighted by Crippen LogP contribution is -2.48. The summed E-state index contributed by atoms with van der Waals surface area (Å²) in [7, 11) is 0. The summed E-state index contributed by atoms with van der Waals surface area (Å²) >= 11 is 0. The molecule has 0 spiro atoms. The Hall–Kier alpha value is -0.610. The third-order valence-corrected chi connectivity index (χ3v) is 3.41. The number of hydrogen-bond acceptors (Lipinski definition) is 3. The van der Waals surface area contributed by atoms with Crippen molar-refractivity contribution in [2.45, 2.75) is 39.2 Å². The first-order valence-electron chi connectivity index (χ1n) is 6.23. The first-order valence-corrected chi connectivity index (χ1v) is 6.23. The molecule has 1 aliphatic rings. The summed E-state index contributed by atoms with van der Waals surface area (Å²) in [4.78, 5) is 13.2. The highest BCUT2D eigenvalue weighted by Crippen LogP contribution is 2.25. The molecule has 94 valence electrons. The number of carbonyl (C=O) groups is 1. The smallest absolute Gasteiger partial charge is 0.320 e. The summed E-state index contributed by atoms with van der Waals surface area (Å²) in [6, 6.07) is -0.306. The van der Waals surface area contributed by atoms with Crippen LogP contribution in [0.1, 0.15) is 33.1 Å². The van der Waals surface area contributed by atoms with Gasteiger partial charge in [-0.25, -0.2) is 0 Å². The molecule has 1 heterocycles. The number of likely N-dealkylation sites (tertiary alicyclic amines) is 1. The van der Waals surface area contributed by atoms with Crippen LogP contribution in [0, 0.1) is 5.92 Å². The first kappa shape index (κ1) is 13.5. The van der Waals surface area contributed by atoms with Gasteiger partial charge in [-0.15, -0.1) is 0 Å². The molecule has 4 heteroatoms. The molecule has 1 saturated heterocycles. The van der Waals surface area contributed by atoms with Gasteiger partial charge >= 0.3 is 5.97 Å². The molecular weight excluding hydrogens is 206 g/mol. The monoisotopic (exact) mass is 229 g/mol. The van der Waals surface area contributed by atoms with Crippen molar-refractivity contribution in [3.05, 3.63) is 0 Å². The van der Waals surface area contributed by atoms with E-state index in [9.17, 15) is 9.90 Å². The van der Waals surface area contributed by atoms with Gasteiger partial charge in [-0.3, -0.25) is 9.69 Å². The van der Waals surface area contributed by atoms with Gasteiger partial charge in [-0.05, 0) is 32.2 Å². The maximum absolute atomic E-state index is 11.2. The average molecular weight is 229 g/mol. The van der Waals surface area contributed by atoms with E-state index in [0.717, 1.165) is 32.4 Å². The second kappa shape index (κ2) is 6.86. The molecule has 2 unspecified atom stereocenters. The zero-order valence-corrected chi connectivity index (χ0v) is 10.3. The van der Waals surface area contributed by atoms with Crippen LogP contribution in [0.2, 0.25) is 0 Å². The summed E-state index contributed by atoms with van der Waals surface area (Å²) < 4.78 is 5.28. The van der Waals surface area contributed by atoms with Crippen molar-refractivity contribution in [2.75, 3.05) is 26.3 Å². The van der Waals surface area contributed by atoms with E-state index in [4.69, 9.17) is 4.74 Å². The van der Waals surface area contributed by atoms with Crippen LogP contribution in [0.3, 0.4) is 0 Å². The lowest BCUT2D eigenvalue weighted by molar-refractivity contribution is -0.145. The standard InChI is InChI=1S/C12H23NO3/c1-3-10-5-6-13(7-8-16-4-2)11(9-10)12(14)15/h10-11H,3-9H2,1-2H3,(H,14,15). The van der Waals surface area contributed by atoms with E-state index in [2.05, 4.69) is 6.92 Å². The summed E-state index contributed by atoms with van der Waals surface area (Å²) in [6.07, 6.45) is 2.99. The van der Waals surface area contributed by atoms with E-state index < -0.39 is 5.97 Å². The molecular formula is C12H23NO3. The zero-order valence-electron chi connectivity index (χ0n) is 10.3. The van der Waals surface area contributed by atoms with Gasteiger partial charge in [0.2, 0.25) is 0 Å². The lowest BCUT2D eigenvalue weighted by atomic mass is 9.89. The predicted octanol–water partition coefficient (Wildman–Crippen LogP) is 1.60. The normalized spacial score (nSPS) is 26.9. The molecule has 4 nitrogen and oxygen atoms in total. The molecule has 1 rings (SSSR count). The minimum atomic E-state index is -0.686. The first-order chi connectivity index (χ1) is 7.69. The van der Waals surface area contributed by atoms with E-state index in [1.807, 2.05) is 11.8 Å². The van der Waals surface area contributed by atoms with E-state index in [0.29, 0.717) is 19.1 Å². The van der Waals surface area contributed by atoms with Gasteiger partial charge in [0.15, 0.2) is 0 Å². The van der Waals surface area contributed by atoms with Gasteiger partial charge in [-0.2, -0.15) is 0 Å². The minimum Gasteiger partial charge on any atom is -0.480 e. The molecule has 1 fully saturated rings. The average Bonchev–Trinajstić information content (AvgIpc) is 2.29. The van der Waals surface area contributed by atoms with E-state index in [-0.39, 0.29) is 6.04 Å². The van der Waals surface area contributed by atoms with Crippen LogP contribution in [0.25, 0.3) is 0 Å². The fraction of sp³-hybridized carbons (Fsp3) is 0.917. The zero-order chi connectivity index (χ0) is 12.0. The highest BCUT2D eigenvalue weighted by atomic mass is 16.5. The number of carboxylic acids is 1. The number of ether oxygens (including phenoxy) is 1. The Morgan fingerprint density at radius 2 is 2.25 bits per heavy atom. The van der Waals surface area contributed by atoms with E-state index >= 15 is 0 Å². The Labute approximate surface area is 97.6 Å². The van der Waals surface area contributed by atoms with Gasteiger partial charge in [0, 0.05) is 13.2 Å². The van der Waals surface area contributed by atoms with Gasteiger partial charge in [0.25, 0.3) is 0 Å². The number of carboxylic acid groups (broad SMARTS) is 1. The third kappa shape index (κ3) is 3.76. The molecule has 0 aromatic carbocycles. The molecule has 0 aromatic rings. The molecule has 1 aliphatic heterocycles. The maximum Gasteiger partial charge on any atom is 0.320 e. The van der Waals surface area contributed by atoms with Crippen molar-refractivity contribution in [3.8, 4) is 0 Å². The molecule has 1 N–H and O–H groups in total. The molecule has 0 saturated carbocycles. The summed E-state index contributed by atoms with van der Waals surface area (Å²) in [5, 5.41) is 9.20. The summed E-state index contributed by atoms with van der Waals surface area (Å²) in [5.74, 6) is -0.112. The van der Waals surface area contributed by atoms with Gasteiger partial charge in [0.1, 0.15) is 6.04 Å². The minimum absolute atomic E-state index is 0.306. The van der Waals surface area contributed by atoms with Crippen LogP contribution in [-0.2, 0) is 9.53 Å². The second-order valence-corrected chi connectivity index (χ2v) is 4.39. The van der Waals surface area contributed by atoms with Crippen molar-refractivity contribution in [1.29, 1.82) is 0 Å². The van der Waals surface area contributed by atoms with Crippen molar-refractivity contribution in [2.24, 2.45) is 5.92 Å². The van der Waals surface area contributed by atoms with E-state index in [1.165, 1.54) is 0 Å². The highest BCUT2D eigenvalue weighted by Gasteiger charge is 2.32. The van der Waals surface area contributed by atoms with Crippen LogP contribution in [0.5, 0.6) is 0 Å². The Morgan fingerprint density at radius 3 is 2.81 bits per heavy atom. The lowest BCUT2D eigenvalue weighted by Gasteiger charge is -2.36. The Morgan fingerprint density at radius 1 is 1.50 bits per heavy atom. The number of hydrogen-bond donors (Lipinski definition) is 1. The second-order valence-electron chi connectivity index (χ2n) is 4.39. The highest BCUT2D eigenvalue weighted by molar-refractivity contribution is 5.73. The molecule has 0 aromatic heterocycles. The van der Waals surface area contributed by atoms with Crippen molar-refractivity contribution in [1.82, 2.24) is 4.90 Å². The molecule has 0 aliphatic carbocycles. The van der Waals surface area contributed by atoms with Crippen LogP contribution in [0.15, 0.2) is 0 Å². The SMILES string of the molecule is CCOCCN1CCC(CC)CC1C(=O)O. The number of aliphatic carboxylic acids is 1. The summed E-state index contributed by atoms with van der Waals surface area (Å²) in [5.41, 5.74) is 0. The largest absolute Gasteiger partial charge is 0.480 e. The van der Waals surface area contributed by atoms with Crippen LogP contribution >= 0.6 is 0 Å². The molecule has 2 atom stereocenters. The van der Waals surface area contributed by atoms with E-state index in [1.54, 1.807) is 0 Å². The Balaban J connectivity index is 2.45. The van der Waals surface area contributed by atoms with Gasteiger partial charge in [-0.1, -0.05) is 13.3 Å². The molecule has 16 heavy (non-hydrogen) atoms. The number of rotatable bonds is 6. The van der Waals surface area contributed by atoms with Gasteiger partial charge < -0.3 is 9.84 Å². The maximum atomic E-state index is 11.2. The number of nitrogens with zero attached hydrogens (tertiary/aromatic N) is 1. The fourth-order valence-electron chi connectivity index (χ4n) is 2.31. The van der Waals surface area contributed by atoms with Crippen LogP contribution < -0.4 is 0 Å². The quantitative estimate of drug-likeness (QED) is 0.703. The summed E-state index contributed by atoms with van der Waals surface area (Å²) in [6.45, 7) is 7.06. The van der Waals surface area contributed by atoms with Crippen LogP contribution in [-0.4, -0.2) is 48.3 Å². The van der Waals surface area contributed by atoms with Crippen LogP contribution in [0.4, 0.5) is 0 Å². The van der Waals surface area contributed by atoms with Gasteiger partial charge in [0.05, 0.1) is 6.61 Å². The Kier molecular flexibility index (Phi) is 5.77. The topological polar surface area (TPSA) is 49.8 Å². The molecule has 0 radical (unpaired) electrons. The van der Waals surface area contributed by atoms with Crippen molar-refractivity contribution in [3.63, 3.8) is 0 Å². The number of piperidine rings is 1. The fourth-order valence-corrected chi connectivity index (χ4v) is 2.31. The third-order valence-electron chi connectivity index (χ3n) is 3.41.